The Balaban J connectivity index is 1.46. The average molecular weight is 325 g/mol. The molecule has 0 aromatic heterocycles. The molecule has 0 spiro atoms. The number of rotatable bonds is 6. The fourth-order valence-corrected chi connectivity index (χ4v) is 3.04. The van der Waals surface area contributed by atoms with Crippen LogP contribution in [0, 0.1) is 0 Å². The Morgan fingerprint density at radius 3 is 2.38 bits per heavy atom. The molecular weight excluding hydrogens is 300 g/mol. The number of amides is 1. The van der Waals surface area contributed by atoms with Crippen molar-refractivity contribution in [1.82, 2.24) is 0 Å². The molecule has 4 heteroatoms. The van der Waals surface area contributed by atoms with E-state index in [9.17, 15) is 4.79 Å². The fraction of sp³-hybridized carbons (Fsp3) is 0.350. The van der Waals surface area contributed by atoms with Crippen molar-refractivity contribution in [3.63, 3.8) is 0 Å². The third-order valence-electron chi connectivity index (χ3n) is 4.36. The van der Waals surface area contributed by atoms with Crippen LogP contribution in [0.3, 0.4) is 0 Å². The van der Waals surface area contributed by atoms with Crippen molar-refractivity contribution < 1.29 is 14.4 Å². The van der Waals surface area contributed by atoms with Gasteiger partial charge in [0, 0.05) is 5.69 Å². The first-order valence-corrected chi connectivity index (χ1v) is 8.70. The first-order chi connectivity index (χ1) is 11.8. The molecular formula is C20H25N2O2+. The number of quaternary nitrogens is 1. The smallest absolute Gasteiger partial charge is 0.279 e. The van der Waals surface area contributed by atoms with Crippen LogP contribution in [0.5, 0.6) is 5.75 Å². The lowest BCUT2D eigenvalue weighted by Crippen LogP contribution is -3.13. The summed E-state index contributed by atoms with van der Waals surface area (Å²) < 4.78 is 5.76. The van der Waals surface area contributed by atoms with Crippen LogP contribution in [-0.4, -0.2) is 25.5 Å². The molecule has 0 aliphatic carbocycles. The Morgan fingerprint density at radius 1 is 0.958 bits per heavy atom. The molecule has 1 heterocycles. The largest absolute Gasteiger partial charge is 0.489 e. The normalized spacial score (nSPS) is 15.0. The molecule has 1 amide bonds. The highest BCUT2D eigenvalue weighted by Crippen LogP contribution is 2.17. The van der Waals surface area contributed by atoms with Gasteiger partial charge in [-0.2, -0.15) is 0 Å². The highest BCUT2D eigenvalue weighted by molar-refractivity contribution is 5.91. The number of carbonyl (C=O) groups excluding carboxylic acids is 1. The predicted octanol–water partition coefficient (Wildman–Crippen LogP) is 2.27. The maximum Gasteiger partial charge on any atom is 0.279 e. The van der Waals surface area contributed by atoms with Gasteiger partial charge in [-0.15, -0.1) is 0 Å². The summed E-state index contributed by atoms with van der Waals surface area (Å²) in [7, 11) is 0. The summed E-state index contributed by atoms with van der Waals surface area (Å²) in [4.78, 5) is 13.5. The Hall–Kier alpha value is -2.33. The van der Waals surface area contributed by atoms with E-state index >= 15 is 0 Å². The van der Waals surface area contributed by atoms with E-state index in [2.05, 4.69) is 5.32 Å². The van der Waals surface area contributed by atoms with E-state index in [0.717, 1.165) is 30.1 Å². The van der Waals surface area contributed by atoms with Crippen molar-refractivity contribution in [2.45, 2.75) is 25.9 Å². The molecule has 0 radical (unpaired) electrons. The van der Waals surface area contributed by atoms with Gasteiger partial charge >= 0.3 is 0 Å². The number of anilines is 1. The number of ether oxygens (including phenoxy) is 1. The van der Waals surface area contributed by atoms with Crippen molar-refractivity contribution >= 4 is 11.6 Å². The monoisotopic (exact) mass is 325 g/mol. The fourth-order valence-electron chi connectivity index (χ4n) is 3.04. The van der Waals surface area contributed by atoms with Crippen molar-refractivity contribution in [2.24, 2.45) is 0 Å². The van der Waals surface area contributed by atoms with Crippen LogP contribution in [0.1, 0.15) is 24.8 Å². The maximum atomic E-state index is 12.1. The van der Waals surface area contributed by atoms with Gasteiger partial charge < -0.3 is 15.0 Å². The van der Waals surface area contributed by atoms with Crippen LogP contribution in [0.2, 0.25) is 0 Å². The van der Waals surface area contributed by atoms with Crippen LogP contribution in [0.4, 0.5) is 5.69 Å². The molecule has 0 saturated carbocycles. The minimum Gasteiger partial charge on any atom is -0.489 e. The topological polar surface area (TPSA) is 42.8 Å². The van der Waals surface area contributed by atoms with E-state index in [1.165, 1.54) is 24.2 Å². The van der Waals surface area contributed by atoms with Crippen molar-refractivity contribution in [3.8, 4) is 5.75 Å². The van der Waals surface area contributed by atoms with Gasteiger partial charge in [0.25, 0.3) is 5.91 Å². The molecule has 1 aliphatic rings. The lowest BCUT2D eigenvalue weighted by Gasteiger charge is -2.22. The van der Waals surface area contributed by atoms with Crippen LogP contribution < -0.4 is 15.0 Å². The van der Waals surface area contributed by atoms with Crippen LogP contribution >= 0.6 is 0 Å². The molecule has 24 heavy (non-hydrogen) atoms. The van der Waals surface area contributed by atoms with E-state index in [1.807, 2.05) is 54.6 Å². The first-order valence-electron chi connectivity index (χ1n) is 8.70. The number of carbonyl (C=O) groups is 1. The minimum absolute atomic E-state index is 0.0878. The Kier molecular flexibility index (Phi) is 5.85. The van der Waals surface area contributed by atoms with Crippen molar-refractivity contribution in [2.75, 3.05) is 25.0 Å². The SMILES string of the molecule is O=C(C[NH+]1CCCCC1)Nc1ccc(OCc2ccccc2)cc1. The number of likely N-dealkylation sites (tertiary alicyclic amines) is 1. The summed E-state index contributed by atoms with van der Waals surface area (Å²) in [5.74, 6) is 0.892. The highest BCUT2D eigenvalue weighted by Gasteiger charge is 2.17. The summed E-state index contributed by atoms with van der Waals surface area (Å²) in [5.41, 5.74) is 1.96. The molecule has 2 aromatic carbocycles. The summed E-state index contributed by atoms with van der Waals surface area (Å²) in [6, 6.07) is 17.6. The van der Waals surface area contributed by atoms with Gasteiger partial charge in [0.1, 0.15) is 12.4 Å². The predicted molar refractivity (Wildman–Crippen MR) is 95.3 cm³/mol. The van der Waals surface area contributed by atoms with Gasteiger partial charge in [-0.1, -0.05) is 30.3 Å². The Morgan fingerprint density at radius 2 is 1.67 bits per heavy atom. The Labute approximate surface area is 143 Å². The third-order valence-corrected chi connectivity index (χ3v) is 4.36. The van der Waals surface area contributed by atoms with Gasteiger partial charge in [-0.3, -0.25) is 4.79 Å². The second-order valence-electron chi connectivity index (χ2n) is 6.33. The minimum atomic E-state index is 0.0878. The quantitative estimate of drug-likeness (QED) is 0.856. The van der Waals surface area contributed by atoms with Gasteiger partial charge in [-0.25, -0.2) is 0 Å². The van der Waals surface area contributed by atoms with E-state index in [4.69, 9.17) is 4.74 Å². The third kappa shape index (κ3) is 5.10. The molecule has 1 fully saturated rings. The summed E-state index contributed by atoms with van der Waals surface area (Å²) in [6.07, 6.45) is 3.77. The standard InChI is InChI=1S/C20H24N2O2/c23-20(15-22-13-5-2-6-14-22)21-18-9-11-19(12-10-18)24-16-17-7-3-1-4-8-17/h1,3-4,7-12H,2,5-6,13-16H2,(H,21,23)/p+1. The molecule has 0 bridgehead atoms. The molecule has 2 aromatic rings. The summed E-state index contributed by atoms with van der Waals surface area (Å²) >= 11 is 0. The van der Waals surface area contributed by atoms with Crippen molar-refractivity contribution in [3.05, 3.63) is 60.2 Å². The van der Waals surface area contributed by atoms with Gasteiger partial charge in [-0.05, 0) is 49.1 Å². The van der Waals surface area contributed by atoms with Crippen molar-refractivity contribution in [1.29, 1.82) is 0 Å². The molecule has 0 atom stereocenters. The molecule has 2 N–H and O–H groups in total. The molecule has 1 aliphatic heterocycles. The van der Waals surface area contributed by atoms with E-state index in [-0.39, 0.29) is 5.91 Å². The number of hydrogen-bond acceptors (Lipinski definition) is 2. The van der Waals surface area contributed by atoms with E-state index in [1.54, 1.807) is 0 Å². The number of piperidine rings is 1. The van der Waals surface area contributed by atoms with Gasteiger partial charge in [0.15, 0.2) is 6.54 Å². The molecule has 4 nitrogen and oxygen atoms in total. The highest BCUT2D eigenvalue weighted by atomic mass is 16.5. The van der Waals surface area contributed by atoms with Crippen LogP contribution in [-0.2, 0) is 11.4 Å². The van der Waals surface area contributed by atoms with Crippen LogP contribution in [0.15, 0.2) is 54.6 Å². The lowest BCUT2D eigenvalue weighted by atomic mass is 10.1. The molecule has 3 rings (SSSR count). The second-order valence-corrected chi connectivity index (χ2v) is 6.33. The second kappa shape index (κ2) is 8.50. The lowest BCUT2D eigenvalue weighted by molar-refractivity contribution is -0.896. The number of benzene rings is 2. The van der Waals surface area contributed by atoms with Gasteiger partial charge in [0.05, 0.1) is 13.1 Å². The summed E-state index contributed by atoms with van der Waals surface area (Å²) in [6.45, 7) is 3.33. The van der Waals surface area contributed by atoms with Crippen LogP contribution in [0.25, 0.3) is 0 Å². The van der Waals surface area contributed by atoms with E-state index in [0.29, 0.717) is 13.2 Å². The number of hydrogen-bond donors (Lipinski definition) is 2. The zero-order valence-corrected chi connectivity index (χ0v) is 14.0. The molecule has 1 saturated heterocycles. The molecule has 126 valence electrons. The number of nitrogens with one attached hydrogen (secondary N) is 2. The first kappa shape index (κ1) is 16.5. The maximum absolute atomic E-state index is 12.1. The Bertz CT molecular complexity index is 634. The van der Waals surface area contributed by atoms with E-state index < -0.39 is 0 Å². The molecule has 0 unspecified atom stereocenters. The average Bonchev–Trinajstić information content (AvgIpc) is 2.63. The zero-order chi connectivity index (χ0) is 16.6. The zero-order valence-electron chi connectivity index (χ0n) is 14.0. The summed E-state index contributed by atoms with van der Waals surface area (Å²) in [5, 5.41) is 2.97. The van der Waals surface area contributed by atoms with Gasteiger partial charge in [0.2, 0.25) is 0 Å².